The van der Waals surface area contributed by atoms with E-state index in [-0.39, 0.29) is 19.6 Å². The van der Waals surface area contributed by atoms with Crippen molar-refractivity contribution in [2.45, 2.75) is 25.9 Å². The second-order valence-corrected chi connectivity index (χ2v) is 4.79. The summed E-state index contributed by atoms with van der Waals surface area (Å²) in [5.74, 6) is -2.79. The summed E-state index contributed by atoms with van der Waals surface area (Å²) in [7, 11) is 0. The van der Waals surface area contributed by atoms with Crippen molar-refractivity contribution in [3.05, 3.63) is 0 Å². The lowest BCUT2D eigenvalue weighted by Gasteiger charge is -2.18. The Morgan fingerprint density at radius 2 is 1.09 bits per heavy atom. The maximum absolute atomic E-state index is 11.8. The van der Waals surface area contributed by atoms with Gasteiger partial charge in [0.2, 0.25) is 29.5 Å². The van der Waals surface area contributed by atoms with Gasteiger partial charge in [-0.3, -0.25) is 24.0 Å². The number of nitrogens with one attached hydrogen (secondary N) is 5. The first-order valence-corrected chi connectivity index (χ1v) is 6.70. The minimum absolute atomic E-state index is 0.315. The van der Waals surface area contributed by atoms with Crippen molar-refractivity contribution in [2.24, 2.45) is 0 Å². The number of amides is 5. The summed E-state index contributed by atoms with van der Waals surface area (Å²) in [5.41, 5.74) is 0. The van der Waals surface area contributed by atoms with Crippen molar-refractivity contribution in [3.63, 3.8) is 0 Å². The molecule has 1 saturated heterocycles. The molecule has 1 fully saturated rings. The van der Waals surface area contributed by atoms with E-state index in [0.717, 1.165) is 0 Å². The number of hydrogen-bond acceptors (Lipinski definition) is 5. The van der Waals surface area contributed by atoms with Crippen LogP contribution in [0.1, 0.15) is 13.8 Å². The minimum Gasteiger partial charge on any atom is -0.346 e. The van der Waals surface area contributed by atoms with Gasteiger partial charge in [0.15, 0.2) is 0 Å². The fourth-order valence-corrected chi connectivity index (χ4v) is 1.57. The highest BCUT2D eigenvalue weighted by Crippen LogP contribution is 1.88. The Kier molecular flexibility index (Phi) is 6.29. The summed E-state index contributed by atoms with van der Waals surface area (Å²) in [6.45, 7) is 1.94. The van der Waals surface area contributed by atoms with Crippen LogP contribution in [-0.2, 0) is 24.0 Å². The van der Waals surface area contributed by atoms with E-state index >= 15 is 0 Å². The van der Waals surface area contributed by atoms with Gasteiger partial charge >= 0.3 is 0 Å². The first-order chi connectivity index (χ1) is 10.3. The quantitative estimate of drug-likeness (QED) is 0.313. The van der Waals surface area contributed by atoms with Gasteiger partial charge in [-0.1, -0.05) is 0 Å². The fourth-order valence-electron chi connectivity index (χ4n) is 1.57. The summed E-state index contributed by atoms with van der Waals surface area (Å²) in [6, 6.07) is -1.74. The van der Waals surface area contributed by atoms with E-state index in [1.165, 1.54) is 13.8 Å². The van der Waals surface area contributed by atoms with Crippen LogP contribution in [0, 0.1) is 0 Å². The van der Waals surface area contributed by atoms with Crippen LogP contribution in [0.25, 0.3) is 0 Å². The van der Waals surface area contributed by atoms with Gasteiger partial charge in [-0.2, -0.15) is 0 Å². The van der Waals surface area contributed by atoms with Gasteiger partial charge < -0.3 is 26.6 Å². The monoisotopic (exact) mass is 313 g/mol. The Morgan fingerprint density at radius 3 is 1.68 bits per heavy atom. The van der Waals surface area contributed by atoms with Crippen LogP contribution < -0.4 is 26.6 Å². The van der Waals surface area contributed by atoms with Gasteiger partial charge in [-0.05, 0) is 13.8 Å². The Morgan fingerprint density at radius 1 is 0.636 bits per heavy atom. The highest BCUT2D eigenvalue weighted by Gasteiger charge is 2.21. The standard InChI is InChI=1S/C12H19N5O5/c1-6-11(21)15-4-9(19)13-3-8(18)14-5-10(20)16-7(2)12(22)17-6/h6-7H,3-5H2,1-2H3,(H,13,19)(H,14,18)(H,15,21)(H,16,20)(H,17,22)/t6-,7+/m1/s1. The Bertz CT molecular complexity index is 492. The van der Waals surface area contributed by atoms with E-state index in [9.17, 15) is 24.0 Å². The van der Waals surface area contributed by atoms with Crippen molar-refractivity contribution >= 4 is 29.5 Å². The normalized spacial score (nSPS) is 25.6. The molecule has 1 heterocycles. The Labute approximate surface area is 126 Å². The molecule has 10 nitrogen and oxygen atoms in total. The lowest BCUT2D eigenvalue weighted by Crippen LogP contribution is -2.53. The van der Waals surface area contributed by atoms with Crippen molar-refractivity contribution < 1.29 is 24.0 Å². The number of carbonyl (C=O) groups is 5. The van der Waals surface area contributed by atoms with Crippen molar-refractivity contribution in [3.8, 4) is 0 Å². The Hall–Kier alpha value is -2.65. The highest BCUT2D eigenvalue weighted by molar-refractivity contribution is 5.95. The molecule has 1 rings (SSSR count). The molecule has 1 aliphatic heterocycles. The van der Waals surface area contributed by atoms with Crippen molar-refractivity contribution in [1.29, 1.82) is 0 Å². The highest BCUT2D eigenvalue weighted by atomic mass is 16.2. The van der Waals surface area contributed by atoms with E-state index < -0.39 is 41.6 Å². The van der Waals surface area contributed by atoms with Crippen LogP contribution in [-0.4, -0.2) is 61.3 Å². The molecular weight excluding hydrogens is 294 g/mol. The predicted octanol–water partition coefficient (Wildman–Crippen LogP) is -3.64. The fraction of sp³-hybridized carbons (Fsp3) is 0.583. The van der Waals surface area contributed by atoms with Crippen LogP contribution >= 0.6 is 0 Å². The first-order valence-electron chi connectivity index (χ1n) is 6.70. The van der Waals surface area contributed by atoms with E-state index in [0.29, 0.717) is 0 Å². The van der Waals surface area contributed by atoms with Crippen LogP contribution in [0.5, 0.6) is 0 Å². The molecule has 0 saturated carbocycles. The van der Waals surface area contributed by atoms with Gasteiger partial charge in [-0.25, -0.2) is 0 Å². The zero-order chi connectivity index (χ0) is 16.7. The van der Waals surface area contributed by atoms with E-state index in [1.54, 1.807) is 0 Å². The molecule has 122 valence electrons. The minimum atomic E-state index is -0.871. The number of carbonyl (C=O) groups excluding carboxylic acids is 5. The smallest absolute Gasteiger partial charge is 0.242 e. The molecule has 0 aliphatic carbocycles. The summed E-state index contributed by atoms with van der Waals surface area (Å²) in [5, 5.41) is 11.7. The molecule has 5 amide bonds. The Balaban J connectivity index is 2.75. The molecule has 22 heavy (non-hydrogen) atoms. The average molecular weight is 313 g/mol. The lowest BCUT2D eigenvalue weighted by molar-refractivity contribution is -0.131. The second kappa shape index (κ2) is 7.96. The van der Waals surface area contributed by atoms with E-state index in [2.05, 4.69) is 26.6 Å². The molecule has 0 aromatic rings. The summed E-state index contributed by atoms with van der Waals surface area (Å²) < 4.78 is 0. The topological polar surface area (TPSA) is 146 Å². The third kappa shape index (κ3) is 5.77. The summed E-state index contributed by atoms with van der Waals surface area (Å²) in [6.07, 6.45) is 0. The molecule has 5 N–H and O–H groups in total. The van der Waals surface area contributed by atoms with Gasteiger partial charge in [0.1, 0.15) is 12.1 Å². The molecule has 0 spiro atoms. The van der Waals surface area contributed by atoms with E-state index in [1.807, 2.05) is 0 Å². The molecule has 0 bridgehead atoms. The van der Waals surface area contributed by atoms with Crippen LogP contribution in [0.4, 0.5) is 0 Å². The number of rotatable bonds is 0. The average Bonchev–Trinajstić information content (AvgIpc) is 2.47. The molecule has 0 radical (unpaired) electrons. The third-order valence-electron chi connectivity index (χ3n) is 2.84. The van der Waals surface area contributed by atoms with Gasteiger partial charge in [-0.15, -0.1) is 0 Å². The number of hydrogen-bond donors (Lipinski definition) is 5. The van der Waals surface area contributed by atoms with Gasteiger partial charge in [0.05, 0.1) is 19.6 Å². The third-order valence-corrected chi connectivity index (χ3v) is 2.84. The zero-order valence-electron chi connectivity index (χ0n) is 12.3. The molecule has 2 atom stereocenters. The maximum atomic E-state index is 11.8. The molecule has 0 unspecified atom stereocenters. The molecule has 10 heteroatoms. The first kappa shape index (κ1) is 17.4. The van der Waals surface area contributed by atoms with Crippen LogP contribution in [0.2, 0.25) is 0 Å². The lowest BCUT2D eigenvalue weighted by atomic mass is 10.2. The molecule has 0 aromatic carbocycles. The SMILES string of the molecule is C[C@@H]1NC(=O)CNC(=O)CNC(=O)CNC(=O)[C@@H](C)NC1=O. The second-order valence-electron chi connectivity index (χ2n) is 4.79. The molecule has 1 aliphatic rings. The largest absolute Gasteiger partial charge is 0.346 e. The van der Waals surface area contributed by atoms with Crippen molar-refractivity contribution in [2.75, 3.05) is 19.6 Å². The van der Waals surface area contributed by atoms with Crippen LogP contribution in [0.15, 0.2) is 0 Å². The molecular formula is C12H19N5O5. The van der Waals surface area contributed by atoms with Crippen molar-refractivity contribution in [1.82, 2.24) is 26.6 Å². The van der Waals surface area contributed by atoms with Crippen LogP contribution in [0.3, 0.4) is 0 Å². The summed E-state index contributed by atoms with van der Waals surface area (Å²) >= 11 is 0. The molecule has 0 aromatic heterocycles. The maximum Gasteiger partial charge on any atom is 0.242 e. The zero-order valence-corrected chi connectivity index (χ0v) is 12.3. The van der Waals surface area contributed by atoms with Gasteiger partial charge in [0, 0.05) is 0 Å². The van der Waals surface area contributed by atoms with Gasteiger partial charge in [0.25, 0.3) is 0 Å². The van der Waals surface area contributed by atoms with E-state index in [4.69, 9.17) is 0 Å². The predicted molar refractivity (Wildman–Crippen MR) is 74.2 cm³/mol. The summed E-state index contributed by atoms with van der Waals surface area (Å²) in [4.78, 5) is 57.9.